The molecule has 90 valence electrons. The average molecular weight is 214 g/mol. The highest BCUT2D eigenvalue weighted by atomic mass is 16.2. The third-order valence-electron chi connectivity index (χ3n) is 2.65. The number of hydrogen-bond donors (Lipinski definition) is 1. The van der Waals surface area contributed by atoms with Crippen LogP contribution in [0.2, 0.25) is 0 Å². The highest BCUT2D eigenvalue weighted by molar-refractivity contribution is 5.76. The van der Waals surface area contributed by atoms with Gasteiger partial charge in [0.2, 0.25) is 5.91 Å². The fraction of sp³-hybridized carbons (Fsp3) is 0.917. The van der Waals surface area contributed by atoms with Crippen LogP contribution in [0.25, 0.3) is 0 Å². The van der Waals surface area contributed by atoms with Crippen LogP contribution in [0.15, 0.2) is 0 Å². The van der Waals surface area contributed by atoms with Crippen LogP contribution < -0.4 is 5.73 Å². The molecule has 0 bridgehead atoms. The lowest BCUT2D eigenvalue weighted by atomic mass is 9.89. The molecule has 0 rings (SSSR count). The normalized spacial score (nSPS) is 11.9. The van der Waals surface area contributed by atoms with E-state index in [4.69, 9.17) is 5.73 Å². The summed E-state index contributed by atoms with van der Waals surface area (Å²) in [6.45, 7) is 9.79. The Morgan fingerprint density at radius 2 is 1.93 bits per heavy atom. The fourth-order valence-electron chi connectivity index (χ4n) is 1.19. The standard InChI is InChI=1S/C12H26N2O/c1-10(2)6-7-14(5)11(15)8-12(3,4)9-13/h10H,6-9,13H2,1-5H3. The third-order valence-corrected chi connectivity index (χ3v) is 2.65. The monoisotopic (exact) mass is 214 g/mol. The number of nitrogens with zero attached hydrogens (tertiary/aromatic N) is 1. The molecule has 0 aromatic carbocycles. The summed E-state index contributed by atoms with van der Waals surface area (Å²) in [7, 11) is 1.87. The molecule has 0 radical (unpaired) electrons. The van der Waals surface area contributed by atoms with E-state index >= 15 is 0 Å². The third kappa shape index (κ3) is 6.50. The molecule has 0 aliphatic carbocycles. The van der Waals surface area contributed by atoms with Gasteiger partial charge in [0.25, 0.3) is 0 Å². The van der Waals surface area contributed by atoms with Crippen molar-refractivity contribution in [1.82, 2.24) is 4.90 Å². The zero-order valence-corrected chi connectivity index (χ0v) is 10.8. The molecule has 0 fully saturated rings. The summed E-state index contributed by atoms with van der Waals surface area (Å²) >= 11 is 0. The number of rotatable bonds is 6. The van der Waals surface area contributed by atoms with E-state index in [1.807, 2.05) is 25.8 Å². The van der Waals surface area contributed by atoms with E-state index < -0.39 is 0 Å². The lowest BCUT2D eigenvalue weighted by molar-refractivity contribution is -0.132. The molecule has 0 saturated carbocycles. The molecule has 0 aromatic rings. The van der Waals surface area contributed by atoms with Crippen molar-refractivity contribution in [2.45, 2.75) is 40.5 Å². The molecule has 0 aromatic heterocycles. The number of carbonyl (C=O) groups excluding carboxylic acids is 1. The highest BCUT2D eigenvalue weighted by Crippen LogP contribution is 2.19. The zero-order valence-electron chi connectivity index (χ0n) is 10.8. The molecule has 0 atom stereocenters. The summed E-state index contributed by atoms with van der Waals surface area (Å²) in [4.78, 5) is 13.6. The quantitative estimate of drug-likeness (QED) is 0.733. The van der Waals surface area contributed by atoms with Gasteiger partial charge in [0, 0.05) is 20.0 Å². The van der Waals surface area contributed by atoms with Crippen LogP contribution in [0.3, 0.4) is 0 Å². The van der Waals surface area contributed by atoms with Gasteiger partial charge >= 0.3 is 0 Å². The van der Waals surface area contributed by atoms with E-state index in [0.29, 0.717) is 18.9 Å². The van der Waals surface area contributed by atoms with Crippen molar-refractivity contribution in [3.8, 4) is 0 Å². The molecular weight excluding hydrogens is 188 g/mol. The first kappa shape index (κ1) is 14.4. The number of nitrogens with two attached hydrogens (primary N) is 1. The van der Waals surface area contributed by atoms with Crippen molar-refractivity contribution >= 4 is 5.91 Å². The molecule has 1 amide bonds. The smallest absolute Gasteiger partial charge is 0.222 e. The lowest BCUT2D eigenvalue weighted by Crippen LogP contribution is -2.35. The minimum absolute atomic E-state index is 0.0802. The maximum absolute atomic E-state index is 11.8. The van der Waals surface area contributed by atoms with E-state index in [-0.39, 0.29) is 11.3 Å². The van der Waals surface area contributed by atoms with Gasteiger partial charge in [-0.2, -0.15) is 0 Å². The van der Waals surface area contributed by atoms with Crippen molar-refractivity contribution in [2.24, 2.45) is 17.1 Å². The molecule has 0 unspecified atom stereocenters. The van der Waals surface area contributed by atoms with Crippen molar-refractivity contribution in [1.29, 1.82) is 0 Å². The summed E-state index contributed by atoms with van der Waals surface area (Å²) in [5, 5.41) is 0. The largest absolute Gasteiger partial charge is 0.346 e. The Morgan fingerprint density at radius 3 is 2.33 bits per heavy atom. The molecule has 0 aliphatic heterocycles. The minimum Gasteiger partial charge on any atom is -0.346 e. The molecule has 0 saturated heterocycles. The predicted octanol–water partition coefficient (Wildman–Crippen LogP) is 1.87. The van der Waals surface area contributed by atoms with Crippen molar-refractivity contribution in [3.05, 3.63) is 0 Å². The molecular formula is C12H26N2O. The van der Waals surface area contributed by atoms with Gasteiger partial charge in [-0.25, -0.2) is 0 Å². The van der Waals surface area contributed by atoms with E-state index in [1.54, 1.807) is 0 Å². The first-order valence-electron chi connectivity index (χ1n) is 5.72. The predicted molar refractivity (Wildman–Crippen MR) is 64.5 cm³/mol. The molecule has 3 nitrogen and oxygen atoms in total. The summed E-state index contributed by atoms with van der Waals surface area (Å²) < 4.78 is 0. The Balaban J connectivity index is 3.99. The zero-order chi connectivity index (χ0) is 12.1. The van der Waals surface area contributed by atoms with Gasteiger partial charge in [0.05, 0.1) is 0 Å². The van der Waals surface area contributed by atoms with Gasteiger partial charge in [-0.05, 0) is 24.3 Å². The van der Waals surface area contributed by atoms with E-state index in [2.05, 4.69) is 13.8 Å². The van der Waals surface area contributed by atoms with Gasteiger partial charge in [-0.3, -0.25) is 4.79 Å². The maximum atomic E-state index is 11.8. The Morgan fingerprint density at radius 1 is 1.40 bits per heavy atom. The molecule has 0 aliphatic rings. The van der Waals surface area contributed by atoms with E-state index in [1.165, 1.54) is 0 Å². The summed E-state index contributed by atoms with van der Waals surface area (Å²) in [5.41, 5.74) is 5.53. The summed E-state index contributed by atoms with van der Waals surface area (Å²) in [5.74, 6) is 0.842. The van der Waals surface area contributed by atoms with Gasteiger partial charge in [-0.1, -0.05) is 27.7 Å². The van der Waals surface area contributed by atoms with Crippen molar-refractivity contribution < 1.29 is 4.79 Å². The first-order valence-corrected chi connectivity index (χ1v) is 5.72. The lowest BCUT2D eigenvalue weighted by Gasteiger charge is -2.25. The van der Waals surface area contributed by atoms with Gasteiger partial charge in [-0.15, -0.1) is 0 Å². The molecule has 0 spiro atoms. The summed E-state index contributed by atoms with van der Waals surface area (Å²) in [6, 6.07) is 0. The second kappa shape index (κ2) is 6.11. The Bertz CT molecular complexity index is 200. The number of hydrogen-bond acceptors (Lipinski definition) is 2. The van der Waals surface area contributed by atoms with Gasteiger partial charge < -0.3 is 10.6 Å². The van der Waals surface area contributed by atoms with Crippen molar-refractivity contribution in [3.63, 3.8) is 0 Å². The topological polar surface area (TPSA) is 46.3 Å². The van der Waals surface area contributed by atoms with Gasteiger partial charge in [0.1, 0.15) is 0 Å². The Kier molecular flexibility index (Phi) is 5.88. The first-order chi connectivity index (χ1) is 6.78. The van der Waals surface area contributed by atoms with Crippen LogP contribution in [-0.4, -0.2) is 30.9 Å². The molecule has 15 heavy (non-hydrogen) atoms. The van der Waals surface area contributed by atoms with Crippen LogP contribution in [-0.2, 0) is 4.79 Å². The van der Waals surface area contributed by atoms with Crippen LogP contribution >= 0.6 is 0 Å². The summed E-state index contributed by atoms with van der Waals surface area (Å²) in [6.07, 6.45) is 1.60. The molecule has 2 N–H and O–H groups in total. The Labute approximate surface area is 94.0 Å². The van der Waals surface area contributed by atoms with E-state index in [9.17, 15) is 4.79 Å². The molecule has 3 heteroatoms. The van der Waals surface area contributed by atoms with Gasteiger partial charge in [0.15, 0.2) is 0 Å². The van der Waals surface area contributed by atoms with Crippen LogP contribution in [0, 0.1) is 11.3 Å². The van der Waals surface area contributed by atoms with E-state index in [0.717, 1.165) is 13.0 Å². The van der Waals surface area contributed by atoms with Crippen LogP contribution in [0.5, 0.6) is 0 Å². The minimum atomic E-state index is -0.0802. The van der Waals surface area contributed by atoms with Crippen molar-refractivity contribution in [2.75, 3.05) is 20.1 Å². The average Bonchev–Trinajstić information content (AvgIpc) is 2.13. The highest BCUT2D eigenvalue weighted by Gasteiger charge is 2.22. The SMILES string of the molecule is CC(C)CCN(C)C(=O)CC(C)(C)CN. The fourth-order valence-corrected chi connectivity index (χ4v) is 1.19. The second-order valence-electron chi connectivity index (χ2n) is 5.54. The number of carbonyl (C=O) groups is 1. The van der Waals surface area contributed by atoms with Crippen LogP contribution in [0.1, 0.15) is 40.5 Å². The Hall–Kier alpha value is -0.570. The second-order valence-corrected chi connectivity index (χ2v) is 5.54. The van der Waals surface area contributed by atoms with Crippen LogP contribution in [0.4, 0.5) is 0 Å². The maximum Gasteiger partial charge on any atom is 0.222 e. The molecule has 0 heterocycles. The number of amides is 1.